The van der Waals surface area contributed by atoms with Gasteiger partial charge in [-0.05, 0) is 6.92 Å². The third-order valence-electron chi connectivity index (χ3n) is 2.61. The van der Waals surface area contributed by atoms with Crippen molar-refractivity contribution in [3.8, 4) is 0 Å². The quantitative estimate of drug-likeness (QED) is 0.719. The molecule has 1 atom stereocenters. The molecule has 0 saturated heterocycles. The van der Waals surface area contributed by atoms with Gasteiger partial charge in [-0.3, -0.25) is 0 Å². The Hall–Kier alpha value is -0.870. The lowest BCUT2D eigenvalue weighted by Gasteiger charge is -2.18. The predicted octanol–water partition coefficient (Wildman–Crippen LogP) is 1.80. The van der Waals surface area contributed by atoms with E-state index in [4.69, 9.17) is 4.74 Å². The van der Waals surface area contributed by atoms with Crippen LogP contribution in [-0.2, 0) is 4.74 Å². The number of ether oxygens (including phenoxy) is 1. The fraction of sp³-hybridized carbons (Fsp3) is 0.750. The van der Waals surface area contributed by atoms with Crippen molar-refractivity contribution in [3.63, 3.8) is 0 Å². The van der Waals surface area contributed by atoms with Gasteiger partial charge in [-0.2, -0.15) is 0 Å². The van der Waals surface area contributed by atoms with Crippen molar-refractivity contribution in [2.75, 3.05) is 26.8 Å². The lowest BCUT2D eigenvalue weighted by atomic mass is 10.2. The molecular weight excluding hydrogens is 202 g/mol. The molecule has 0 amide bonds. The van der Waals surface area contributed by atoms with E-state index in [0.717, 1.165) is 25.5 Å². The summed E-state index contributed by atoms with van der Waals surface area (Å²) < 4.78 is 7.24. The Kier molecular flexibility index (Phi) is 5.49. The molecule has 0 radical (unpaired) electrons. The van der Waals surface area contributed by atoms with Crippen LogP contribution in [-0.4, -0.2) is 36.4 Å². The zero-order valence-electron chi connectivity index (χ0n) is 10.7. The van der Waals surface area contributed by atoms with E-state index < -0.39 is 0 Å². The van der Waals surface area contributed by atoms with Gasteiger partial charge in [0, 0.05) is 44.6 Å². The SMILES string of the molecule is COCCNCC(C)n1ccnc1C(C)C. The maximum absolute atomic E-state index is 4.99. The highest BCUT2D eigenvalue weighted by molar-refractivity contribution is 4.99. The maximum Gasteiger partial charge on any atom is 0.111 e. The van der Waals surface area contributed by atoms with Crippen molar-refractivity contribution in [2.45, 2.75) is 32.7 Å². The van der Waals surface area contributed by atoms with E-state index in [1.807, 2.05) is 6.20 Å². The van der Waals surface area contributed by atoms with Gasteiger partial charge in [-0.15, -0.1) is 0 Å². The van der Waals surface area contributed by atoms with Crippen molar-refractivity contribution < 1.29 is 4.74 Å². The minimum absolute atomic E-state index is 0.428. The fourth-order valence-corrected chi connectivity index (χ4v) is 1.73. The molecule has 0 fully saturated rings. The Bertz CT molecular complexity index is 296. The Morgan fingerprint density at radius 1 is 1.44 bits per heavy atom. The third kappa shape index (κ3) is 3.61. The molecule has 0 aliphatic heterocycles. The molecule has 92 valence electrons. The van der Waals surface area contributed by atoms with E-state index in [1.54, 1.807) is 7.11 Å². The summed E-state index contributed by atoms with van der Waals surface area (Å²) in [6.07, 6.45) is 3.93. The largest absolute Gasteiger partial charge is 0.383 e. The smallest absolute Gasteiger partial charge is 0.111 e. The van der Waals surface area contributed by atoms with Crippen molar-refractivity contribution in [3.05, 3.63) is 18.2 Å². The molecule has 1 aromatic rings. The molecule has 1 N–H and O–H groups in total. The van der Waals surface area contributed by atoms with Gasteiger partial charge in [-0.1, -0.05) is 13.8 Å². The number of aromatic nitrogens is 2. The molecule has 1 aromatic heterocycles. The van der Waals surface area contributed by atoms with Crippen molar-refractivity contribution in [2.24, 2.45) is 0 Å². The topological polar surface area (TPSA) is 39.1 Å². The van der Waals surface area contributed by atoms with Crippen molar-refractivity contribution >= 4 is 0 Å². The predicted molar refractivity (Wildman–Crippen MR) is 65.8 cm³/mol. The summed E-state index contributed by atoms with van der Waals surface area (Å²) in [5, 5.41) is 3.37. The van der Waals surface area contributed by atoms with Gasteiger partial charge in [0.1, 0.15) is 5.82 Å². The maximum atomic E-state index is 4.99. The molecule has 0 bridgehead atoms. The molecule has 4 heteroatoms. The summed E-state index contributed by atoms with van der Waals surface area (Å²) in [5.74, 6) is 1.62. The molecule has 0 saturated carbocycles. The number of nitrogens with zero attached hydrogens (tertiary/aromatic N) is 2. The number of imidazole rings is 1. The minimum Gasteiger partial charge on any atom is -0.383 e. The molecule has 1 unspecified atom stereocenters. The Labute approximate surface area is 98.0 Å². The molecule has 16 heavy (non-hydrogen) atoms. The second kappa shape index (κ2) is 6.66. The van der Waals surface area contributed by atoms with E-state index in [9.17, 15) is 0 Å². The van der Waals surface area contributed by atoms with E-state index in [0.29, 0.717) is 12.0 Å². The average molecular weight is 225 g/mol. The van der Waals surface area contributed by atoms with Gasteiger partial charge >= 0.3 is 0 Å². The molecule has 0 aromatic carbocycles. The number of nitrogens with one attached hydrogen (secondary N) is 1. The highest BCUT2D eigenvalue weighted by atomic mass is 16.5. The first-order valence-electron chi connectivity index (χ1n) is 5.89. The van der Waals surface area contributed by atoms with Gasteiger partial charge in [0.05, 0.1) is 6.61 Å². The van der Waals surface area contributed by atoms with Crippen LogP contribution in [0, 0.1) is 0 Å². The van der Waals surface area contributed by atoms with Crippen LogP contribution in [0.3, 0.4) is 0 Å². The van der Waals surface area contributed by atoms with E-state index in [2.05, 4.69) is 41.8 Å². The number of rotatable bonds is 7. The molecular formula is C12H23N3O. The van der Waals surface area contributed by atoms with E-state index in [-0.39, 0.29) is 0 Å². The van der Waals surface area contributed by atoms with Crippen LogP contribution in [0.5, 0.6) is 0 Å². The average Bonchev–Trinajstić information content (AvgIpc) is 2.73. The zero-order chi connectivity index (χ0) is 12.0. The van der Waals surface area contributed by atoms with Crippen molar-refractivity contribution in [1.82, 2.24) is 14.9 Å². The summed E-state index contributed by atoms with van der Waals surface area (Å²) in [7, 11) is 1.72. The number of hydrogen-bond donors (Lipinski definition) is 1. The van der Waals surface area contributed by atoms with Crippen LogP contribution in [0.25, 0.3) is 0 Å². The molecule has 0 aliphatic carbocycles. The molecule has 1 heterocycles. The normalized spacial score (nSPS) is 13.3. The van der Waals surface area contributed by atoms with E-state index in [1.165, 1.54) is 0 Å². The Balaban J connectivity index is 2.46. The second-order valence-corrected chi connectivity index (χ2v) is 4.39. The first kappa shape index (κ1) is 13.2. The minimum atomic E-state index is 0.428. The molecule has 1 rings (SSSR count). The Morgan fingerprint density at radius 2 is 2.19 bits per heavy atom. The van der Waals surface area contributed by atoms with E-state index >= 15 is 0 Å². The van der Waals surface area contributed by atoms with Gasteiger partial charge in [0.25, 0.3) is 0 Å². The molecule has 4 nitrogen and oxygen atoms in total. The van der Waals surface area contributed by atoms with Crippen LogP contribution in [0.1, 0.15) is 38.6 Å². The molecule has 0 aliphatic rings. The summed E-state index contributed by atoms with van der Waals surface area (Å²) in [6, 6.07) is 0.428. The van der Waals surface area contributed by atoms with Crippen LogP contribution >= 0.6 is 0 Å². The first-order chi connectivity index (χ1) is 7.66. The highest BCUT2D eigenvalue weighted by Crippen LogP contribution is 2.16. The second-order valence-electron chi connectivity index (χ2n) is 4.39. The van der Waals surface area contributed by atoms with Gasteiger partial charge < -0.3 is 14.6 Å². The monoisotopic (exact) mass is 225 g/mol. The number of hydrogen-bond acceptors (Lipinski definition) is 3. The lowest BCUT2D eigenvalue weighted by molar-refractivity contribution is 0.198. The number of methoxy groups -OCH3 is 1. The van der Waals surface area contributed by atoms with Crippen LogP contribution in [0.2, 0.25) is 0 Å². The molecule has 0 spiro atoms. The highest BCUT2D eigenvalue weighted by Gasteiger charge is 2.11. The van der Waals surface area contributed by atoms with Gasteiger partial charge in [0.2, 0.25) is 0 Å². The van der Waals surface area contributed by atoms with Crippen LogP contribution in [0.4, 0.5) is 0 Å². The summed E-state index contributed by atoms with van der Waals surface area (Å²) in [6.45, 7) is 9.14. The van der Waals surface area contributed by atoms with Gasteiger partial charge in [-0.25, -0.2) is 4.98 Å². The summed E-state index contributed by atoms with van der Waals surface area (Å²) >= 11 is 0. The Morgan fingerprint density at radius 3 is 2.81 bits per heavy atom. The van der Waals surface area contributed by atoms with Crippen molar-refractivity contribution in [1.29, 1.82) is 0 Å². The van der Waals surface area contributed by atoms with Crippen LogP contribution in [0.15, 0.2) is 12.4 Å². The zero-order valence-corrected chi connectivity index (χ0v) is 10.7. The fourth-order valence-electron chi connectivity index (χ4n) is 1.73. The summed E-state index contributed by atoms with van der Waals surface area (Å²) in [4.78, 5) is 4.39. The summed E-state index contributed by atoms with van der Waals surface area (Å²) in [5.41, 5.74) is 0. The first-order valence-corrected chi connectivity index (χ1v) is 5.89. The van der Waals surface area contributed by atoms with Crippen LogP contribution < -0.4 is 5.32 Å². The third-order valence-corrected chi connectivity index (χ3v) is 2.61. The standard InChI is InChI=1S/C12H23N3O/c1-10(2)12-14-5-7-15(12)11(3)9-13-6-8-16-4/h5,7,10-11,13H,6,8-9H2,1-4H3. The van der Waals surface area contributed by atoms with Gasteiger partial charge in [0.15, 0.2) is 0 Å². The lowest BCUT2D eigenvalue weighted by Crippen LogP contribution is -2.27.